The lowest BCUT2D eigenvalue weighted by Crippen LogP contribution is -2.38. The molecule has 0 saturated heterocycles. The number of hydrogen-bond acceptors (Lipinski definition) is 15. The molecule has 1 aliphatic rings. The second kappa shape index (κ2) is 24.1. The van der Waals surface area contributed by atoms with Crippen LogP contribution < -0.4 is 30.5 Å². The van der Waals surface area contributed by atoms with E-state index in [1.807, 2.05) is 41.5 Å². The molecule has 0 amide bonds. The molecule has 48 heavy (non-hydrogen) atoms. The van der Waals surface area contributed by atoms with Gasteiger partial charge in [-0.25, -0.2) is 0 Å². The zero-order chi connectivity index (χ0) is 36.1. The van der Waals surface area contributed by atoms with Crippen LogP contribution in [0.1, 0.15) is 80.1 Å². The quantitative estimate of drug-likeness (QED) is 0.0588. The molecule has 0 atom stereocenters. The number of hydrogen-bond donors (Lipinski definition) is 6. The first kappa shape index (κ1) is 44.9. The molecule has 0 unspecified atom stereocenters. The number of nitrogens with one attached hydrogen (secondary N) is 6. The van der Waals surface area contributed by atoms with Crippen molar-refractivity contribution in [3.8, 4) is 0 Å². The fourth-order valence-corrected chi connectivity index (χ4v) is 16.0. The fourth-order valence-electron chi connectivity index (χ4n) is 3.09. The van der Waals surface area contributed by atoms with E-state index in [0.29, 0.717) is 78.2 Å². The highest BCUT2D eigenvalue weighted by molar-refractivity contribution is 7.90. The maximum absolute atomic E-state index is 5.77. The molecule has 0 radical (unpaired) electrons. The first-order valence-electron chi connectivity index (χ1n) is 15.5. The highest BCUT2D eigenvalue weighted by Crippen LogP contribution is 2.71. The standard InChI is InChI=1S/C24H48N9O6P3S6/c1-7-13-34-19(43)25-40(26-20(44)35-14-8-2)31-41(27-21(45)36-15-9-3,28-22(46)37-16-10-4)33-42(32-40,29-23(47)38-17-11-5)30-24(48)39-18-12-6/h7-18H2,1-6H3,(H,25,43)(H,26,44)(H,27,45)(H,28,46)(H,29,47)(H,30,48). The Morgan fingerprint density at radius 3 is 0.625 bits per heavy atom. The van der Waals surface area contributed by atoms with E-state index in [0.717, 1.165) is 0 Å². The molecule has 276 valence electrons. The minimum Gasteiger partial charge on any atom is -0.471 e. The van der Waals surface area contributed by atoms with Gasteiger partial charge in [-0.15, -0.1) is 0 Å². The average molecular weight is 844 g/mol. The highest BCUT2D eigenvalue weighted by atomic mass is 32.1. The molecule has 0 aromatic rings. The Kier molecular flexibility index (Phi) is 22.5. The molecule has 24 heteroatoms. The molecule has 0 saturated carbocycles. The molecule has 15 nitrogen and oxygen atoms in total. The summed E-state index contributed by atoms with van der Waals surface area (Å²) < 4.78 is 50.0. The molecular weight excluding hydrogens is 796 g/mol. The van der Waals surface area contributed by atoms with Crippen molar-refractivity contribution in [1.82, 2.24) is 30.5 Å². The Hall–Kier alpha value is -1.17. The molecule has 0 fully saturated rings. The highest BCUT2D eigenvalue weighted by Gasteiger charge is 2.42. The third-order valence-corrected chi connectivity index (χ3v) is 16.4. The van der Waals surface area contributed by atoms with Gasteiger partial charge in [0.05, 0.1) is 39.6 Å². The zero-order valence-electron chi connectivity index (χ0n) is 28.1. The van der Waals surface area contributed by atoms with Crippen molar-refractivity contribution in [2.24, 2.45) is 13.5 Å². The van der Waals surface area contributed by atoms with E-state index < -0.39 is 22.5 Å². The van der Waals surface area contributed by atoms with Crippen molar-refractivity contribution < 1.29 is 28.4 Å². The Balaban J connectivity index is 4.29. The molecule has 1 rings (SSSR count). The van der Waals surface area contributed by atoms with Crippen LogP contribution in [0, 0.1) is 0 Å². The third-order valence-electron chi connectivity index (χ3n) is 4.88. The van der Waals surface area contributed by atoms with Gasteiger partial charge in [-0.05, 0) is 112 Å². The molecule has 0 aromatic carbocycles. The van der Waals surface area contributed by atoms with Crippen LogP contribution in [0.3, 0.4) is 0 Å². The lowest BCUT2D eigenvalue weighted by molar-refractivity contribution is 0.302. The Bertz CT molecular complexity index is 1060. The van der Waals surface area contributed by atoms with Gasteiger partial charge in [0.15, 0.2) is 0 Å². The minimum absolute atomic E-state index is 0.00851. The molecule has 0 bridgehead atoms. The Morgan fingerprint density at radius 2 is 0.500 bits per heavy atom. The summed E-state index contributed by atoms with van der Waals surface area (Å²) in [4.78, 5) is 0. The summed E-state index contributed by atoms with van der Waals surface area (Å²) in [6.07, 6.45) is 4.17. The number of nitrogens with zero attached hydrogens (tertiary/aromatic N) is 3. The van der Waals surface area contributed by atoms with Crippen LogP contribution in [0.25, 0.3) is 0 Å². The molecule has 0 aliphatic carbocycles. The predicted octanol–water partition coefficient (Wildman–Crippen LogP) is 7.65. The Morgan fingerprint density at radius 1 is 0.354 bits per heavy atom. The molecule has 0 aromatic heterocycles. The molecular formula is C24H48N9O6P3S6. The van der Waals surface area contributed by atoms with Crippen molar-refractivity contribution in [2.45, 2.75) is 80.1 Å². The number of ether oxygens (including phenoxy) is 6. The second-order valence-corrected chi connectivity index (χ2v) is 18.9. The zero-order valence-corrected chi connectivity index (χ0v) is 35.6. The lowest BCUT2D eigenvalue weighted by atomic mass is 10.5. The summed E-state index contributed by atoms with van der Waals surface area (Å²) in [6, 6.07) is 0. The van der Waals surface area contributed by atoms with Crippen molar-refractivity contribution in [1.29, 1.82) is 0 Å². The van der Waals surface area contributed by atoms with Crippen molar-refractivity contribution in [3.05, 3.63) is 0 Å². The summed E-state index contributed by atoms with van der Waals surface area (Å²) in [5.41, 5.74) is 0. The first-order chi connectivity index (χ1) is 22.8. The molecule has 6 N–H and O–H groups in total. The largest absolute Gasteiger partial charge is 0.471 e. The fraction of sp³-hybridized carbons (Fsp3) is 0.750. The van der Waals surface area contributed by atoms with Crippen molar-refractivity contribution in [2.75, 3.05) is 39.6 Å². The van der Waals surface area contributed by atoms with Gasteiger partial charge >= 0.3 is 0 Å². The van der Waals surface area contributed by atoms with Crippen LogP contribution in [0.15, 0.2) is 13.5 Å². The molecule has 1 heterocycles. The van der Waals surface area contributed by atoms with Gasteiger partial charge in [-0.2, -0.15) is 13.5 Å². The van der Waals surface area contributed by atoms with Gasteiger partial charge < -0.3 is 28.4 Å². The monoisotopic (exact) mass is 843 g/mol. The molecule has 0 spiro atoms. The van der Waals surface area contributed by atoms with E-state index >= 15 is 0 Å². The Labute approximate surface area is 317 Å². The average Bonchev–Trinajstić information content (AvgIpc) is 3.01. The van der Waals surface area contributed by atoms with Crippen LogP contribution in [0.2, 0.25) is 0 Å². The van der Waals surface area contributed by atoms with Crippen LogP contribution in [-0.4, -0.2) is 70.7 Å². The predicted molar refractivity (Wildman–Crippen MR) is 220 cm³/mol. The van der Waals surface area contributed by atoms with Crippen molar-refractivity contribution in [3.63, 3.8) is 0 Å². The van der Waals surface area contributed by atoms with E-state index in [-0.39, 0.29) is 31.0 Å². The van der Waals surface area contributed by atoms with Gasteiger partial charge in [0, 0.05) is 0 Å². The number of thiocarbonyl (C=S) groups is 6. The van der Waals surface area contributed by atoms with Crippen LogP contribution >= 0.6 is 95.8 Å². The SMILES string of the molecule is CCCOC(=S)NP1(NC(=S)OCCC)=NP(NC(=S)OCCC)(NC(=S)OCCC)=NP(NC(=S)OCCC)(NC(=S)OCCC)=N1. The summed E-state index contributed by atoms with van der Waals surface area (Å²) in [5.74, 6) is 0. The van der Waals surface area contributed by atoms with Crippen LogP contribution in [0.5, 0.6) is 0 Å². The van der Waals surface area contributed by atoms with Crippen LogP contribution in [0.4, 0.5) is 0 Å². The maximum atomic E-state index is 5.77. The maximum Gasteiger partial charge on any atom is 0.274 e. The van der Waals surface area contributed by atoms with E-state index in [9.17, 15) is 0 Å². The third kappa shape index (κ3) is 17.2. The summed E-state index contributed by atoms with van der Waals surface area (Å²) in [7, 11) is -10.9. The lowest BCUT2D eigenvalue weighted by Gasteiger charge is -2.37. The second-order valence-electron chi connectivity index (χ2n) is 9.56. The van der Waals surface area contributed by atoms with E-state index in [1.165, 1.54) is 0 Å². The number of rotatable bonds is 18. The van der Waals surface area contributed by atoms with Gasteiger partial charge in [0.25, 0.3) is 53.6 Å². The van der Waals surface area contributed by atoms with Gasteiger partial charge in [-0.1, -0.05) is 41.5 Å². The smallest absolute Gasteiger partial charge is 0.274 e. The molecule has 1 aliphatic heterocycles. The first-order valence-corrected chi connectivity index (χ1v) is 23.0. The minimum atomic E-state index is -3.64. The van der Waals surface area contributed by atoms with Gasteiger partial charge in [-0.3, -0.25) is 30.5 Å². The van der Waals surface area contributed by atoms with Gasteiger partial charge in [0.1, 0.15) is 0 Å². The topological polar surface area (TPSA) is 165 Å². The summed E-state index contributed by atoms with van der Waals surface area (Å²) in [6.45, 7) is 13.7. The van der Waals surface area contributed by atoms with Crippen molar-refractivity contribution >= 4 is 127 Å². The van der Waals surface area contributed by atoms with E-state index in [2.05, 4.69) is 30.5 Å². The van der Waals surface area contributed by atoms with E-state index in [4.69, 9.17) is 115 Å². The van der Waals surface area contributed by atoms with Crippen LogP contribution in [-0.2, 0) is 28.4 Å². The summed E-state index contributed by atoms with van der Waals surface area (Å²) in [5, 5.41) is 18.9. The van der Waals surface area contributed by atoms with E-state index in [1.54, 1.807) is 0 Å². The normalized spacial score (nSPS) is 14.9. The van der Waals surface area contributed by atoms with Gasteiger partial charge in [0.2, 0.25) is 0 Å². The summed E-state index contributed by atoms with van der Waals surface area (Å²) >= 11 is 33.6.